The number of halogens is 3. The summed E-state index contributed by atoms with van der Waals surface area (Å²) >= 11 is 0. The van der Waals surface area contributed by atoms with Crippen molar-refractivity contribution >= 4 is 5.97 Å². The van der Waals surface area contributed by atoms with E-state index in [9.17, 15) is 13.6 Å². The molecule has 0 rings (SSSR count). The summed E-state index contributed by atoms with van der Waals surface area (Å²) in [4.78, 5) is 10.3. The van der Waals surface area contributed by atoms with Crippen LogP contribution in [-0.2, 0) is 4.79 Å². The van der Waals surface area contributed by atoms with Crippen molar-refractivity contribution in [1.29, 1.82) is 0 Å². The molecule has 0 aromatic heterocycles. The molecule has 0 heterocycles. The Labute approximate surface area is 80.7 Å². The van der Waals surface area contributed by atoms with E-state index in [-0.39, 0.29) is 31.8 Å². The maximum atomic E-state index is 12.1. The molecule has 13 heavy (non-hydrogen) atoms. The van der Waals surface area contributed by atoms with Crippen molar-refractivity contribution < 1.29 is 31.1 Å². The number of carboxylic acids is 1. The third-order valence-corrected chi connectivity index (χ3v) is 1.58. The molecule has 1 unspecified atom stereocenters. The highest BCUT2D eigenvalue weighted by Gasteiger charge is 2.42. The van der Waals surface area contributed by atoms with Crippen molar-refractivity contribution in [1.82, 2.24) is 0 Å². The van der Waals surface area contributed by atoms with Crippen LogP contribution in [0.5, 0.6) is 0 Å². The maximum Gasteiger partial charge on any atom is 0.329 e. The van der Waals surface area contributed by atoms with Crippen molar-refractivity contribution in [3.8, 4) is 0 Å². The Hall–Kier alpha value is -0.460. The minimum absolute atomic E-state index is 0. The van der Waals surface area contributed by atoms with Gasteiger partial charge in [0.2, 0.25) is 0 Å². The lowest BCUT2D eigenvalue weighted by Crippen LogP contribution is -3.00. The fourth-order valence-corrected chi connectivity index (χ4v) is 0.704. The number of nitrogens with two attached hydrogens (primary N) is 2. The van der Waals surface area contributed by atoms with E-state index in [0.717, 1.165) is 0 Å². The summed E-state index contributed by atoms with van der Waals surface area (Å²) in [6.45, 7) is 0.152. The number of carbonyl (C=O) groups is 1. The largest absolute Gasteiger partial charge is 1.00 e. The number of hydrogen-bond acceptors (Lipinski definition) is 3. The van der Waals surface area contributed by atoms with E-state index >= 15 is 0 Å². The SMILES string of the molecule is NCCCC(N)(C(=O)O)C(F)F.[Cl-]. The molecular weight excluding hydrogens is 206 g/mol. The van der Waals surface area contributed by atoms with Gasteiger partial charge in [-0.05, 0) is 19.4 Å². The zero-order valence-electron chi connectivity index (χ0n) is 6.84. The minimum Gasteiger partial charge on any atom is -1.00 e. The molecule has 80 valence electrons. The lowest BCUT2D eigenvalue weighted by atomic mass is 9.95. The molecule has 0 aromatic rings. The van der Waals surface area contributed by atoms with E-state index in [1.165, 1.54) is 0 Å². The van der Waals surface area contributed by atoms with Crippen LogP contribution in [0.25, 0.3) is 0 Å². The Morgan fingerprint density at radius 2 is 2.00 bits per heavy atom. The summed E-state index contributed by atoms with van der Waals surface area (Å²) in [5, 5.41) is 8.38. The van der Waals surface area contributed by atoms with Gasteiger partial charge in [-0.1, -0.05) is 0 Å². The highest BCUT2D eigenvalue weighted by Crippen LogP contribution is 2.18. The molecule has 0 amide bonds. The van der Waals surface area contributed by atoms with Crippen LogP contribution < -0.4 is 23.9 Å². The molecule has 0 saturated heterocycles. The molecule has 0 radical (unpaired) electrons. The molecule has 5 N–H and O–H groups in total. The predicted molar refractivity (Wildman–Crippen MR) is 38.8 cm³/mol. The molecule has 4 nitrogen and oxygen atoms in total. The number of aliphatic carboxylic acids is 1. The quantitative estimate of drug-likeness (QED) is 0.452. The molecule has 0 bridgehead atoms. The third kappa shape index (κ3) is 3.84. The monoisotopic (exact) mass is 217 g/mol. The standard InChI is InChI=1S/C6H12F2N2O2.ClH/c7-4(8)6(10,5(11)12)2-1-3-9;/h4H,1-3,9-10H2,(H,11,12);1H/p-1. The predicted octanol–water partition coefficient (Wildman–Crippen LogP) is -3.22. The van der Waals surface area contributed by atoms with Crippen molar-refractivity contribution in [2.45, 2.75) is 24.8 Å². The van der Waals surface area contributed by atoms with Gasteiger partial charge in [0.15, 0.2) is 5.54 Å². The number of carboxylic acid groups (broad SMARTS) is 1. The van der Waals surface area contributed by atoms with E-state index in [1.807, 2.05) is 0 Å². The number of hydrogen-bond donors (Lipinski definition) is 3. The van der Waals surface area contributed by atoms with Crippen LogP contribution in [0, 0.1) is 0 Å². The molecular formula is C6H12ClF2N2O2-. The van der Waals surface area contributed by atoms with E-state index in [2.05, 4.69) is 0 Å². The molecule has 7 heteroatoms. The first-order valence-electron chi connectivity index (χ1n) is 3.45. The second kappa shape index (κ2) is 6.06. The lowest BCUT2D eigenvalue weighted by molar-refractivity contribution is -0.150. The number of alkyl halides is 2. The Morgan fingerprint density at radius 1 is 1.54 bits per heavy atom. The van der Waals surface area contributed by atoms with Gasteiger partial charge >= 0.3 is 5.97 Å². The van der Waals surface area contributed by atoms with Gasteiger partial charge in [-0.15, -0.1) is 0 Å². The second-order valence-corrected chi connectivity index (χ2v) is 2.54. The first-order valence-corrected chi connectivity index (χ1v) is 3.45. The number of rotatable bonds is 5. The van der Waals surface area contributed by atoms with Crippen molar-refractivity contribution in [2.24, 2.45) is 11.5 Å². The maximum absolute atomic E-state index is 12.1. The zero-order chi connectivity index (χ0) is 9.78. The fraction of sp³-hybridized carbons (Fsp3) is 0.833. The molecule has 0 aliphatic rings. The summed E-state index contributed by atoms with van der Waals surface area (Å²) in [5.41, 5.74) is 7.56. The molecule has 0 saturated carbocycles. The van der Waals surface area contributed by atoms with Crippen LogP contribution in [0.2, 0.25) is 0 Å². The van der Waals surface area contributed by atoms with Gasteiger partial charge in [0.25, 0.3) is 6.43 Å². The Bertz CT molecular complexity index is 171. The van der Waals surface area contributed by atoms with Gasteiger partial charge in [-0.3, -0.25) is 0 Å². The van der Waals surface area contributed by atoms with E-state index in [0.29, 0.717) is 0 Å². The fourth-order valence-electron chi connectivity index (χ4n) is 0.704. The Morgan fingerprint density at radius 3 is 2.23 bits per heavy atom. The Balaban J connectivity index is 0. The average Bonchev–Trinajstić information content (AvgIpc) is 1.99. The van der Waals surface area contributed by atoms with Gasteiger partial charge in [0, 0.05) is 0 Å². The van der Waals surface area contributed by atoms with Crippen molar-refractivity contribution in [2.75, 3.05) is 6.54 Å². The van der Waals surface area contributed by atoms with Crippen molar-refractivity contribution in [3.63, 3.8) is 0 Å². The molecule has 0 aliphatic carbocycles. The highest BCUT2D eigenvalue weighted by atomic mass is 35.5. The van der Waals surface area contributed by atoms with Crippen LogP contribution in [-0.4, -0.2) is 29.6 Å². The van der Waals surface area contributed by atoms with Gasteiger partial charge < -0.3 is 29.0 Å². The molecule has 0 spiro atoms. The molecule has 1 atom stereocenters. The third-order valence-electron chi connectivity index (χ3n) is 1.58. The van der Waals surface area contributed by atoms with Crippen LogP contribution in [0.4, 0.5) is 8.78 Å². The first-order chi connectivity index (χ1) is 5.45. The second-order valence-electron chi connectivity index (χ2n) is 2.54. The lowest BCUT2D eigenvalue weighted by Gasteiger charge is -2.22. The van der Waals surface area contributed by atoms with Crippen LogP contribution in [0.3, 0.4) is 0 Å². The van der Waals surface area contributed by atoms with E-state index in [4.69, 9.17) is 16.6 Å². The zero-order valence-corrected chi connectivity index (χ0v) is 7.60. The van der Waals surface area contributed by atoms with Crippen LogP contribution >= 0.6 is 0 Å². The van der Waals surface area contributed by atoms with Gasteiger partial charge in [-0.2, -0.15) is 0 Å². The minimum atomic E-state index is -3.07. The van der Waals surface area contributed by atoms with E-state index < -0.39 is 17.9 Å². The topological polar surface area (TPSA) is 89.3 Å². The van der Waals surface area contributed by atoms with Gasteiger partial charge in [0.1, 0.15) is 0 Å². The average molecular weight is 218 g/mol. The molecule has 0 fully saturated rings. The molecule has 0 aromatic carbocycles. The summed E-state index contributed by atoms with van der Waals surface area (Å²) in [6, 6.07) is 0. The van der Waals surface area contributed by atoms with Crippen LogP contribution in [0.15, 0.2) is 0 Å². The Kier molecular flexibility index (Phi) is 7.01. The van der Waals surface area contributed by atoms with Crippen molar-refractivity contribution in [3.05, 3.63) is 0 Å². The van der Waals surface area contributed by atoms with Gasteiger partial charge in [0.05, 0.1) is 0 Å². The smallest absolute Gasteiger partial charge is 0.329 e. The van der Waals surface area contributed by atoms with E-state index in [1.54, 1.807) is 0 Å². The summed E-state index contributed by atoms with van der Waals surface area (Å²) < 4.78 is 24.2. The van der Waals surface area contributed by atoms with Gasteiger partial charge in [-0.25, -0.2) is 13.6 Å². The summed E-state index contributed by atoms with van der Waals surface area (Å²) in [5.74, 6) is -1.69. The van der Waals surface area contributed by atoms with Crippen LogP contribution in [0.1, 0.15) is 12.8 Å². The first kappa shape index (κ1) is 15.0. The molecule has 0 aliphatic heterocycles. The summed E-state index contributed by atoms with van der Waals surface area (Å²) in [6.07, 6.45) is -3.20. The highest BCUT2D eigenvalue weighted by molar-refractivity contribution is 5.79. The normalized spacial score (nSPS) is 14.8. The summed E-state index contributed by atoms with van der Waals surface area (Å²) in [7, 11) is 0.